The Balaban J connectivity index is 1.48. The Labute approximate surface area is 245 Å². The van der Waals surface area contributed by atoms with Crippen LogP contribution in [0.2, 0.25) is 0 Å². The summed E-state index contributed by atoms with van der Waals surface area (Å²) in [6, 6.07) is 35.2. The molecule has 5 nitrogen and oxygen atoms in total. The molecule has 0 amide bonds. The first kappa shape index (κ1) is 25.7. The number of benzene rings is 4. The topological polar surface area (TPSA) is 64.5 Å². The normalized spacial score (nSPS) is 12.2. The molecule has 7 rings (SSSR count). The summed E-state index contributed by atoms with van der Waals surface area (Å²) in [5.74, 6) is 2.57. The zero-order valence-electron chi connectivity index (χ0n) is 23.6. The fourth-order valence-corrected chi connectivity index (χ4v) is 5.55. The van der Waals surface area contributed by atoms with Crippen molar-refractivity contribution in [2.75, 3.05) is 0 Å². The van der Waals surface area contributed by atoms with Gasteiger partial charge in [0, 0.05) is 33.6 Å². The summed E-state index contributed by atoms with van der Waals surface area (Å²) in [6.45, 7) is 4.01. The quantitative estimate of drug-likeness (QED) is 0.218. The van der Waals surface area contributed by atoms with Crippen molar-refractivity contribution in [3.05, 3.63) is 132 Å². The number of aryl methyl sites for hydroxylation is 3. The molecule has 0 atom stereocenters. The molecule has 4 aromatic carbocycles. The summed E-state index contributed by atoms with van der Waals surface area (Å²) in [4.78, 5) is 24.5. The number of rotatable bonds is 5. The first-order valence-corrected chi connectivity index (χ1v) is 14.2. The second-order valence-corrected chi connectivity index (χ2v) is 10.6. The summed E-state index contributed by atoms with van der Waals surface area (Å²) in [5.41, 5.74) is 10.4. The van der Waals surface area contributed by atoms with Crippen LogP contribution in [0, 0.1) is 13.8 Å². The molecule has 0 radical (unpaired) electrons. The minimum absolute atomic E-state index is 0.607. The van der Waals surface area contributed by atoms with Gasteiger partial charge in [-0.05, 0) is 73.2 Å². The number of fused-ring (bicyclic) bond motifs is 1. The van der Waals surface area contributed by atoms with Crippen LogP contribution in [0.4, 0.5) is 0 Å². The third kappa shape index (κ3) is 5.13. The summed E-state index contributed by atoms with van der Waals surface area (Å²) in [5, 5.41) is 0. The average Bonchev–Trinajstić information content (AvgIpc) is 3.04. The Morgan fingerprint density at radius 1 is 0.476 bits per heavy atom. The van der Waals surface area contributed by atoms with Crippen LogP contribution in [-0.4, -0.2) is 24.9 Å². The Hall–Kier alpha value is -5.29. The van der Waals surface area contributed by atoms with Gasteiger partial charge in [-0.1, -0.05) is 91.0 Å². The lowest BCUT2D eigenvalue weighted by Crippen LogP contribution is -2.02. The highest BCUT2D eigenvalue weighted by molar-refractivity contribution is 5.84. The first-order valence-electron chi connectivity index (χ1n) is 14.2. The fourth-order valence-electron chi connectivity index (χ4n) is 5.55. The van der Waals surface area contributed by atoms with Gasteiger partial charge in [0.25, 0.3) is 0 Å². The molecule has 5 heteroatoms. The molecule has 0 saturated carbocycles. The summed E-state index contributed by atoms with van der Waals surface area (Å²) in [7, 11) is 0. The molecule has 1 aliphatic rings. The average molecular weight is 544 g/mol. The minimum Gasteiger partial charge on any atom is -0.233 e. The van der Waals surface area contributed by atoms with E-state index in [9.17, 15) is 0 Å². The molecule has 0 spiro atoms. The maximum Gasteiger partial charge on any atom is 0.164 e. The molecule has 0 aliphatic heterocycles. The molecule has 2 heterocycles. The van der Waals surface area contributed by atoms with Gasteiger partial charge in [0.05, 0.1) is 0 Å². The number of nitrogens with zero attached hydrogens (tertiary/aromatic N) is 5. The van der Waals surface area contributed by atoms with Crippen LogP contribution in [0.5, 0.6) is 0 Å². The van der Waals surface area contributed by atoms with E-state index in [1.54, 1.807) is 0 Å². The molecule has 2 aromatic heterocycles. The molecule has 0 saturated heterocycles. The van der Waals surface area contributed by atoms with E-state index in [0.29, 0.717) is 23.3 Å². The van der Waals surface area contributed by atoms with Crippen LogP contribution < -0.4 is 0 Å². The van der Waals surface area contributed by atoms with Crippen LogP contribution in [0.3, 0.4) is 0 Å². The second kappa shape index (κ2) is 10.9. The van der Waals surface area contributed by atoms with Crippen molar-refractivity contribution in [3.8, 4) is 56.7 Å². The van der Waals surface area contributed by atoms with Crippen LogP contribution >= 0.6 is 0 Å². The summed E-state index contributed by atoms with van der Waals surface area (Å²) < 4.78 is 0. The molecule has 0 unspecified atom stereocenters. The predicted octanol–water partition coefficient (Wildman–Crippen LogP) is 8.57. The first-order chi connectivity index (χ1) is 20.6. The standard InChI is InChI=1S/C37H29N5/c1-24-20-25(2)39-36(38-24)30-21-29(33-19-11-17-26-12-9-10-18-32(26)33)22-31(23-30)37-41-34(27-13-5-3-6-14-27)40-35(42-37)28-15-7-4-8-16-28/h3-8,10-11,13-23H,9,12H2,1-2H3. The van der Waals surface area contributed by atoms with Gasteiger partial charge < -0.3 is 0 Å². The predicted molar refractivity (Wildman–Crippen MR) is 169 cm³/mol. The number of aromatic nitrogens is 5. The van der Waals surface area contributed by atoms with E-state index in [0.717, 1.165) is 52.0 Å². The second-order valence-electron chi connectivity index (χ2n) is 10.6. The molecule has 42 heavy (non-hydrogen) atoms. The SMILES string of the molecule is Cc1cc(C)nc(-c2cc(-c3nc(-c4ccccc4)nc(-c4ccccc4)n3)cc(-c3cccc4c3C=CCC4)c2)n1. The van der Waals surface area contributed by atoms with Gasteiger partial charge in [0.15, 0.2) is 23.3 Å². The molecule has 202 valence electrons. The molecular weight excluding hydrogens is 514 g/mol. The van der Waals surface area contributed by atoms with Gasteiger partial charge in [-0.3, -0.25) is 0 Å². The van der Waals surface area contributed by atoms with Crippen molar-refractivity contribution in [1.29, 1.82) is 0 Å². The van der Waals surface area contributed by atoms with Crippen LogP contribution in [0.25, 0.3) is 62.8 Å². The van der Waals surface area contributed by atoms with Crippen LogP contribution in [-0.2, 0) is 6.42 Å². The van der Waals surface area contributed by atoms with E-state index in [1.165, 1.54) is 16.7 Å². The Morgan fingerprint density at radius 3 is 1.60 bits per heavy atom. The summed E-state index contributed by atoms with van der Waals surface area (Å²) in [6.07, 6.45) is 6.61. The molecule has 0 bridgehead atoms. The molecular formula is C37H29N5. The third-order valence-corrected chi connectivity index (χ3v) is 7.50. The highest BCUT2D eigenvalue weighted by Crippen LogP contribution is 2.36. The number of hydrogen-bond donors (Lipinski definition) is 0. The van der Waals surface area contributed by atoms with E-state index in [1.807, 2.05) is 80.6 Å². The van der Waals surface area contributed by atoms with Gasteiger partial charge in [-0.15, -0.1) is 0 Å². The van der Waals surface area contributed by atoms with Crippen molar-refractivity contribution in [1.82, 2.24) is 24.9 Å². The maximum atomic E-state index is 5.01. The lowest BCUT2D eigenvalue weighted by Gasteiger charge is -2.17. The minimum atomic E-state index is 0.607. The van der Waals surface area contributed by atoms with Crippen molar-refractivity contribution in [3.63, 3.8) is 0 Å². The molecule has 1 aliphatic carbocycles. The van der Waals surface area contributed by atoms with Crippen molar-refractivity contribution in [2.45, 2.75) is 26.7 Å². The molecule has 0 fully saturated rings. The van der Waals surface area contributed by atoms with Gasteiger partial charge in [0.1, 0.15) is 0 Å². The highest BCUT2D eigenvalue weighted by atomic mass is 15.0. The van der Waals surface area contributed by atoms with E-state index < -0.39 is 0 Å². The highest BCUT2D eigenvalue weighted by Gasteiger charge is 2.17. The molecule has 0 N–H and O–H groups in total. The van der Waals surface area contributed by atoms with E-state index in [4.69, 9.17) is 24.9 Å². The fraction of sp³-hybridized carbons (Fsp3) is 0.108. The summed E-state index contributed by atoms with van der Waals surface area (Å²) >= 11 is 0. The van der Waals surface area contributed by atoms with Gasteiger partial charge in [0.2, 0.25) is 0 Å². The van der Waals surface area contributed by atoms with Crippen LogP contribution in [0.15, 0.2) is 109 Å². The van der Waals surface area contributed by atoms with Crippen molar-refractivity contribution < 1.29 is 0 Å². The van der Waals surface area contributed by atoms with Gasteiger partial charge in [-0.2, -0.15) is 0 Å². The van der Waals surface area contributed by atoms with Crippen molar-refractivity contribution >= 4 is 6.08 Å². The van der Waals surface area contributed by atoms with E-state index in [2.05, 4.69) is 48.6 Å². The Kier molecular flexibility index (Phi) is 6.68. The maximum absolute atomic E-state index is 5.01. The zero-order chi connectivity index (χ0) is 28.5. The van der Waals surface area contributed by atoms with Crippen molar-refractivity contribution in [2.24, 2.45) is 0 Å². The monoisotopic (exact) mass is 543 g/mol. The van der Waals surface area contributed by atoms with E-state index in [-0.39, 0.29) is 0 Å². The lowest BCUT2D eigenvalue weighted by atomic mass is 9.88. The Bertz CT molecular complexity index is 1870. The number of allylic oxidation sites excluding steroid dienone is 1. The largest absolute Gasteiger partial charge is 0.233 e. The smallest absolute Gasteiger partial charge is 0.164 e. The van der Waals surface area contributed by atoms with E-state index >= 15 is 0 Å². The molecule has 6 aromatic rings. The van der Waals surface area contributed by atoms with Gasteiger partial charge >= 0.3 is 0 Å². The lowest BCUT2D eigenvalue weighted by molar-refractivity contribution is 0.986. The van der Waals surface area contributed by atoms with Gasteiger partial charge in [-0.25, -0.2) is 24.9 Å². The zero-order valence-corrected chi connectivity index (χ0v) is 23.6. The number of hydrogen-bond acceptors (Lipinski definition) is 5. The van der Waals surface area contributed by atoms with Crippen LogP contribution in [0.1, 0.15) is 28.9 Å². The Morgan fingerprint density at radius 2 is 1.00 bits per heavy atom. The third-order valence-electron chi connectivity index (χ3n) is 7.50.